The number of hydrogen-bond donors (Lipinski definition) is 2. The second-order valence-corrected chi connectivity index (χ2v) is 4.10. The van der Waals surface area contributed by atoms with Crippen LogP contribution in [0.15, 0.2) is 16.8 Å². The summed E-state index contributed by atoms with van der Waals surface area (Å²) in [5, 5.41) is 5.84. The number of rotatable bonds is 5. The molecule has 1 unspecified atom stereocenters. The summed E-state index contributed by atoms with van der Waals surface area (Å²) in [6.45, 7) is 6.20. The lowest BCUT2D eigenvalue weighted by molar-refractivity contribution is 0.452. The molecule has 0 aliphatic carbocycles. The van der Waals surface area contributed by atoms with Crippen LogP contribution in [0.1, 0.15) is 31.5 Å². The highest BCUT2D eigenvalue weighted by Crippen LogP contribution is 2.20. The summed E-state index contributed by atoms with van der Waals surface area (Å²) >= 11 is 0. The summed E-state index contributed by atoms with van der Waals surface area (Å²) < 4.78 is 19.0. The predicted octanol–water partition coefficient (Wildman–Crippen LogP) is 2.52. The normalized spacial score (nSPS) is 12.2. The SMILES string of the molecule is CCNc1ncc(F)c(NC(C)c2ncc(C)o2)n1. The van der Waals surface area contributed by atoms with Crippen molar-refractivity contribution in [2.45, 2.75) is 26.8 Å². The molecule has 19 heavy (non-hydrogen) atoms. The molecule has 2 aromatic rings. The Labute approximate surface area is 110 Å². The van der Waals surface area contributed by atoms with Crippen LogP contribution in [0, 0.1) is 12.7 Å². The summed E-state index contributed by atoms with van der Waals surface area (Å²) in [4.78, 5) is 12.0. The van der Waals surface area contributed by atoms with Crippen LogP contribution in [0.2, 0.25) is 0 Å². The number of oxazole rings is 1. The number of nitrogens with zero attached hydrogens (tertiary/aromatic N) is 3. The van der Waals surface area contributed by atoms with Crippen molar-refractivity contribution in [2.75, 3.05) is 17.2 Å². The summed E-state index contributed by atoms with van der Waals surface area (Å²) in [6.07, 6.45) is 2.74. The standard InChI is InChI=1S/C12H16FN5O/c1-4-14-12-16-6-9(13)10(18-12)17-8(3)11-15-5-7(2)19-11/h5-6,8H,4H2,1-3H3,(H2,14,16,17,18). The highest BCUT2D eigenvalue weighted by atomic mass is 19.1. The van der Waals surface area contributed by atoms with Crippen molar-refractivity contribution in [3.63, 3.8) is 0 Å². The molecule has 0 bridgehead atoms. The molecule has 102 valence electrons. The fourth-order valence-electron chi connectivity index (χ4n) is 1.55. The molecule has 0 fully saturated rings. The van der Waals surface area contributed by atoms with Crippen molar-refractivity contribution >= 4 is 11.8 Å². The van der Waals surface area contributed by atoms with Gasteiger partial charge in [0.25, 0.3) is 0 Å². The molecule has 2 aromatic heterocycles. The smallest absolute Gasteiger partial charge is 0.224 e. The number of nitrogens with one attached hydrogen (secondary N) is 2. The van der Waals surface area contributed by atoms with Crippen molar-refractivity contribution in [3.05, 3.63) is 29.9 Å². The van der Waals surface area contributed by atoms with Gasteiger partial charge in [-0.05, 0) is 20.8 Å². The minimum atomic E-state index is -0.517. The van der Waals surface area contributed by atoms with E-state index in [0.717, 1.165) is 6.20 Å². The van der Waals surface area contributed by atoms with Crippen LogP contribution in [-0.4, -0.2) is 21.5 Å². The van der Waals surface area contributed by atoms with Gasteiger partial charge in [0.05, 0.1) is 12.4 Å². The van der Waals surface area contributed by atoms with Crippen molar-refractivity contribution in [1.82, 2.24) is 15.0 Å². The third-order valence-electron chi connectivity index (χ3n) is 2.44. The average molecular weight is 265 g/mol. The molecule has 6 nitrogen and oxygen atoms in total. The summed E-state index contributed by atoms with van der Waals surface area (Å²) in [5.41, 5.74) is 0. The van der Waals surface area contributed by atoms with Crippen LogP contribution >= 0.6 is 0 Å². The van der Waals surface area contributed by atoms with Gasteiger partial charge in [0, 0.05) is 6.54 Å². The van der Waals surface area contributed by atoms with Crippen LogP contribution < -0.4 is 10.6 Å². The molecule has 0 aromatic carbocycles. The van der Waals surface area contributed by atoms with Crippen LogP contribution in [0.5, 0.6) is 0 Å². The van der Waals surface area contributed by atoms with E-state index in [1.54, 1.807) is 13.1 Å². The molecule has 2 heterocycles. The van der Waals surface area contributed by atoms with Gasteiger partial charge in [-0.15, -0.1) is 0 Å². The number of aromatic nitrogens is 3. The van der Waals surface area contributed by atoms with Gasteiger partial charge in [-0.3, -0.25) is 0 Å². The largest absolute Gasteiger partial charge is 0.444 e. The first kappa shape index (κ1) is 13.3. The lowest BCUT2D eigenvalue weighted by Gasteiger charge is -2.12. The number of anilines is 2. The van der Waals surface area contributed by atoms with Gasteiger partial charge in [-0.1, -0.05) is 0 Å². The number of hydrogen-bond acceptors (Lipinski definition) is 6. The van der Waals surface area contributed by atoms with Gasteiger partial charge in [0.2, 0.25) is 11.8 Å². The minimum Gasteiger partial charge on any atom is -0.444 e. The molecule has 1 atom stereocenters. The van der Waals surface area contributed by atoms with E-state index in [9.17, 15) is 4.39 Å². The monoisotopic (exact) mass is 265 g/mol. The number of halogens is 1. The molecular formula is C12H16FN5O. The summed E-state index contributed by atoms with van der Waals surface area (Å²) in [6, 6.07) is -0.285. The highest BCUT2D eigenvalue weighted by Gasteiger charge is 2.15. The highest BCUT2D eigenvalue weighted by molar-refractivity contribution is 5.42. The first-order valence-corrected chi connectivity index (χ1v) is 6.05. The topological polar surface area (TPSA) is 75.9 Å². The molecule has 0 spiro atoms. The van der Waals surface area contributed by atoms with Gasteiger partial charge in [0.15, 0.2) is 11.6 Å². The van der Waals surface area contributed by atoms with Crippen molar-refractivity contribution in [1.29, 1.82) is 0 Å². The van der Waals surface area contributed by atoms with Gasteiger partial charge < -0.3 is 15.1 Å². The van der Waals surface area contributed by atoms with Crippen LogP contribution in [0.3, 0.4) is 0 Å². The van der Waals surface area contributed by atoms with Crippen LogP contribution in [-0.2, 0) is 0 Å². The second kappa shape index (κ2) is 5.64. The van der Waals surface area contributed by atoms with Gasteiger partial charge in [-0.2, -0.15) is 4.98 Å². The molecule has 0 radical (unpaired) electrons. The first-order chi connectivity index (χ1) is 9.10. The minimum absolute atomic E-state index is 0.120. The molecule has 0 aliphatic heterocycles. The third kappa shape index (κ3) is 3.18. The van der Waals surface area contributed by atoms with E-state index in [0.29, 0.717) is 24.1 Å². The third-order valence-corrected chi connectivity index (χ3v) is 2.44. The Morgan fingerprint density at radius 3 is 2.79 bits per heavy atom. The first-order valence-electron chi connectivity index (χ1n) is 6.05. The van der Waals surface area contributed by atoms with E-state index in [1.165, 1.54) is 0 Å². The molecule has 0 aliphatic rings. The van der Waals surface area contributed by atoms with Crippen molar-refractivity contribution in [3.8, 4) is 0 Å². The van der Waals surface area contributed by atoms with E-state index < -0.39 is 5.82 Å². The van der Waals surface area contributed by atoms with Crippen molar-refractivity contribution in [2.24, 2.45) is 0 Å². The van der Waals surface area contributed by atoms with E-state index >= 15 is 0 Å². The van der Waals surface area contributed by atoms with Gasteiger partial charge in [-0.25, -0.2) is 14.4 Å². The molecule has 2 rings (SSSR count). The molecular weight excluding hydrogens is 249 g/mol. The Hall–Kier alpha value is -2.18. The van der Waals surface area contributed by atoms with E-state index in [4.69, 9.17) is 4.42 Å². The fourth-order valence-corrected chi connectivity index (χ4v) is 1.55. The Balaban J connectivity index is 2.15. The zero-order valence-electron chi connectivity index (χ0n) is 11.1. The summed E-state index contributed by atoms with van der Waals surface area (Å²) in [5.74, 6) is 1.17. The zero-order chi connectivity index (χ0) is 13.8. The van der Waals surface area contributed by atoms with E-state index in [1.807, 2.05) is 13.8 Å². The van der Waals surface area contributed by atoms with Gasteiger partial charge >= 0.3 is 0 Å². The van der Waals surface area contributed by atoms with Crippen LogP contribution in [0.25, 0.3) is 0 Å². The maximum Gasteiger partial charge on any atom is 0.224 e. The molecule has 0 saturated heterocycles. The summed E-state index contributed by atoms with van der Waals surface area (Å²) in [7, 11) is 0. The Morgan fingerprint density at radius 2 is 2.16 bits per heavy atom. The molecule has 2 N–H and O–H groups in total. The lowest BCUT2D eigenvalue weighted by Crippen LogP contribution is -2.12. The molecule has 0 saturated carbocycles. The second-order valence-electron chi connectivity index (χ2n) is 4.10. The quantitative estimate of drug-likeness (QED) is 0.865. The van der Waals surface area contributed by atoms with Crippen LogP contribution in [0.4, 0.5) is 16.2 Å². The van der Waals surface area contributed by atoms with Crippen molar-refractivity contribution < 1.29 is 8.81 Å². The maximum absolute atomic E-state index is 13.6. The maximum atomic E-state index is 13.6. The Kier molecular flexibility index (Phi) is 3.94. The average Bonchev–Trinajstić information content (AvgIpc) is 2.80. The van der Waals surface area contributed by atoms with Gasteiger partial charge in [0.1, 0.15) is 11.8 Å². The fraction of sp³-hybridized carbons (Fsp3) is 0.417. The molecule has 7 heteroatoms. The zero-order valence-corrected chi connectivity index (χ0v) is 11.1. The predicted molar refractivity (Wildman–Crippen MR) is 69.4 cm³/mol. The lowest BCUT2D eigenvalue weighted by atomic mass is 10.3. The van der Waals surface area contributed by atoms with E-state index in [-0.39, 0.29) is 11.9 Å². The Morgan fingerprint density at radius 1 is 1.37 bits per heavy atom. The Bertz CT molecular complexity index is 557. The number of aryl methyl sites for hydroxylation is 1. The molecule has 0 amide bonds. The van der Waals surface area contributed by atoms with E-state index in [2.05, 4.69) is 25.6 Å².